The molecule has 0 radical (unpaired) electrons. The van der Waals surface area contributed by atoms with Gasteiger partial charge in [0.2, 0.25) is 5.28 Å². The van der Waals surface area contributed by atoms with Crippen LogP contribution in [-0.2, 0) is 0 Å². The van der Waals surface area contributed by atoms with Crippen molar-refractivity contribution in [1.82, 2.24) is 9.55 Å². The zero-order chi connectivity index (χ0) is 11.9. The van der Waals surface area contributed by atoms with Gasteiger partial charge in [0.1, 0.15) is 0 Å². The molecule has 0 atom stereocenters. The van der Waals surface area contributed by atoms with Crippen LogP contribution >= 0.6 is 11.6 Å². The van der Waals surface area contributed by atoms with Crippen molar-refractivity contribution in [1.29, 1.82) is 0 Å². The molecule has 0 saturated heterocycles. The number of rotatable bonds is 0. The van der Waals surface area contributed by atoms with E-state index in [-0.39, 0.29) is 10.7 Å². The Labute approximate surface area is 94.9 Å². The van der Waals surface area contributed by atoms with Gasteiger partial charge in [-0.1, -0.05) is 6.07 Å². The monoisotopic (exact) mass is 238 g/mol. The number of fused-ring (bicyclic) bond motifs is 1. The Bertz CT molecular complexity index is 648. The van der Waals surface area contributed by atoms with Crippen molar-refractivity contribution in [3.63, 3.8) is 0 Å². The molecule has 2 rings (SSSR count). The van der Waals surface area contributed by atoms with Gasteiger partial charge in [0.25, 0.3) is 5.56 Å². The van der Waals surface area contributed by atoms with E-state index in [9.17, 15) is 9.59 Å². The van der Waals surface area contributed by atoms with Gasteiger partial charge in [0, 0.05) is 0 Å². The highest BCUT2D eigenvalue weighted by Gasteiger charge is 2.14. The molecule has 1 aromatic carbocycles. The smallest absolute Gasteiger partial charge is 0.421 e. The first-order valence-corrected chi connectivity index (χ1v) is 4.80. The quantitative estimate of drug-likeness (QED) is 0.712. The van der Waals surface area contributed by atoms with Crippen molar-refractivity contribution < 1.29 is 9.90 Å². The second kappa shape index (κ2) is 3.61. The van der Waals surface area contributed by atoms with E-state index in [1.165, 1.54) is 6.07 Å². The van der Waals surface area contributed by atoms with E-state index in [0.29, 0.717) is 10.1 Å². The third kappa shape index (κ3) is 1.55. The number of hydrogen-bond acceptors (Lipinski definition) is 3. The maximum atomic E-state index is 11.8. The van der Waals surface area contributed by atoms with Crippen molar-refractivity contribution in [2.24, 2.45) is 0 Å². The average Bonchev–Trinajstić information content (AvgIpc) is 2.15. The van der Waals surface area contributed by atoms with E-state index in [2.05, 4.69) is 4.98 Å². The van der Waals surface area contributed by atoms with E-state index in [4.69, 9.17) is 16.7 Å². The Hall–Kier alpha value is -1.88. The molecule has 1 heterocycles. The number of carbonyl (C=O) groups is 1. The molecule has 0 saturated carbocycles. The summed E-state index contributed by atoms with van der Waals surface area (Å²) in [6.45, 7) is 1.84. The minimum absolute atomic E-state index is 0.234. The minimum Gasteiger partial charge on any atom is -0.464 e. The molecule has 0 fully saturated rings. The van der Waals surface area contributed by atoms with E-state index >= 15 is 0 Å². The Morgan fingerprint density at radius 1 is 1.50 bits per heavy atom. The number of halogens is 1. The lowest BCUT2D eigenvalue weighted by atomic mass is 10.2. The van der Waals surface area contributed by atoms with Crippen LogP contribution in [0.15, 0.2) is 23.0 Å². The van der Waals surface area contributed by atoms with Gasteiger partial charge in [-0.15, -0.1) is 0 Å². The Balaban J connectivity index is 2.95. The Morgan fingerprint density at radius 3 is 2.81 bits per heavy atom. The van der Waals surface area contributed by atoms with Gasteiger partial charge in [-0.05, 0) is 36.2 Å². The van der Waals surface area contributed by atoms with Gasteiger partial charge in [-0.25, -0.2) is 9.78 Å². The normalized spacial score (nSPS) is 10.6. The molecule has 1 aromatic heterocycles. The van der Waals surface area contributed by atoms with Crippen LogP contribution in [-0.4, -0.2) is 20.8 Å². The molecule has 16 heavy (non-hydrogen) atoms. The second-order valence-corrected chi connectivity index (χ2v) is 3.66. The summed E-state index contributed by atoms with van der Waals surface area (Å²) in [5, 5.41) is 8.68. The SMILES string of the molecule is Cc1ccc2c(=O)n(C(=O)O)c(Cl)nc2c1. The zero-order valence-electron chi connectivity index (χ0n) is 8.27. The molecule has 82 valence electrons. The lowest BCUT2D eigenvalue weighted by Crippen LogP contribution is -2.27. The number of benzene rings is 1. The van der Waals surface area contributed by atoms with Crippen LogP contribution in [0.4, 0.5) is 4.79 Å². The van der Waals surface area contributed by atoms with Crippen molar-refractivity contribution in [3.05, 3.63) is 39.4 Å². The molecule has 0 aliphatic rings. The van der Waals surface area contributed by atoms with Crippen LogP contribution in [0.3, 0.4) is 0 Å². The number of hydrogen-bond donors (Lipinski definition) is 1. The van der Waals surface area contributed by atoms with Crippen LogP contribution in [0.1, 0.15) is 5.56 Å². The Morgan fingerprint density at radius 2 is 2.19 bits per heavy atom. The highest BCUT2D eigenvalue weighted by atomic mass is 35.5. The molecule has 0 aliphatic heterocycles. The molecule has 1 N–H and O–H groups in total. The zero-order valence-corrected chi connectivity index (χ0v) is 9.02. The predicted octanol–water partition coefficient (Wildman–Crippen LogP) is 1.88. The molecular weight excluding hydrogens is 232 g/mol. The summed E-state index contributed by atoms with van der Waals surface area (Å²) in [5.74, 6) is 0. The van der Waals surface area contributed by atoms with E-state index in [1.807, 2.05) is 6.92 Å². The Kier molecular flexibility index (Phi) is 2.40. The predicted molar refractivity (Wildman–Crippen MR) is 59.2 cm³/mol. The van der Waals surface area contributed by atoms with Crippen LogP contribution in [0.5, 0.6) is 0 Å². The lowest BCUT2D eigenvalue weighted by Gasteiger charge is -2.04. The van der Waals surface area contributed by atoms with E-state index < -0.39 is 11.7 Å². The molecule has 0 bridgehead atoms. The van der Waals surface area contributed by atoms with Gasteiger partial charge in [-0.3, -0.25) is 4.79 Å². The van der Waals surface area contributed by atoms with Crippen molar-refractivity contribution in [2.45, 2.75) is 6.92 Å². The standard InChI is InChI=1S/C10H7ClN2O3/c1-5-2-3-6-7(4-5)12-9(11)13(8(6)14)10(15)16/h2-4H,1H3,(H,15,16). The van der Waals surface area contributed by atoms with Crippen LogP contribution in [0, 0.1) is 6.92 Å². The van der Waals surface area contributed by atoms with Crippen molar-refractivity contribution >= 4 is 28.6 Å². The first kappa shape index (κ1) is 10.6. The first-order chi connectivity index (χ1) is 7.50. The first-order valence-electron chi connectivity index (χ1n) is 4.43. The topological polar surface area (TPSA) is 72.2 Å². The number of aromatic nitrogens is 2. The van der Waals surface area contributed by atoms with E-state index in [0.717, 1.165) is 5.56 Å². The summed E-state index contributed by atoms with van der Waals surface area (Å²) in [6.07, 6.45) is -1.44. The van der Waals surface area contributed by atoms with Gasteiger partial charge < -0.3 is 5.11 Å². The van der Waals surface area contributed by atoms with Gasteiger partial charge in [-0.2, -0.15) is 4.57 Å². The molecule has 0 amide bonds. The van der Waals surface area contributed by atoms with Gasteiger partial charge in [0.05, 0.1) is 10.9 Å². The number of nitrogens with zero attached hydrogens (tertiary/aromatic N) is 2. The fourth-order valence-electron chi connectivity index (χ4n) is 1.43. The number of aryl methyl sites for hydroxylation is 1. The summed E-state index contributed by atoms with van der Waals surface area (Å²) in [7, 11) is 0. The van der Waals surface area contributed by atoms with E-state index in [1.54, 1.807) is 12.1 Å². The van der Waals surface area contributed by atoms with Gasteiger partial charge >= 0.3 is 6.09 Å². The fraction of sp³-hybridized carbons (Fsp3) is 0.100. The third-order valence-electron chi connectivity index (χ3n) is 2.18. The summed E-state index contributed by atoms with van der Waals surface area (Å²) < 4.78 is 0.416. The lowest BCUT2D eigenvalue weighted by molar-refractivity contribution is 0.195. The van der Waals surface area contributed by atoms with Crippen LogP contribution < -0.4 is 5.56 Å². The summed E-state index contributed by atoms with van der Waals surface area (Å²) in [6, 6.07) is 4.93. The molecule has 6 heteroatoms. The second-order valence-electron chi connectivity index (χ2n) is 3.32. The maximum absolute atomic E-state index is 11.8. The minimum atomic E-state index is -1.44. The summed E-state index contributed by atoms with van der Waals surface area (Å²) >= 11 is 5.63. The molecule has 2 aromatic rings. The summed E-state index contributed by atoms with van der Waals surface area (Å²) in [5.41, 5.74) is 0.638. The fourth-order valence-corrected chi connectivity index (χ4v) is 1.67. The summed E-state index contributed by atoms with van der Waals surface area (Å²) in [4.78, 5) is 26.4. The van der Waals surface area contributed by atoms with Crippen molar-refractivity contribution in [3.8, 4) is 0 Å². The number of carboxylic acid groups (broad SMARTS) is 1. The largest absolute Gasteiger partial charge is 0.464 e. The van der Waals surface area contributed by atoms with Crippen LogP contribution in [0.25, 0.3) is 10.9 Å². The van der Waals surface area contributed by atoms with Crippen molar-refractivity contribution in [2.75, 3.05) is 0 Å². The molecule has 5 nitrogen and oxygen atoms in total. The highest BCUT2D eigenvalue weighted by Crippen LogP contribution is 2.13. The van der Waals surface area contributed by atoms with Gasteiger partial charge in [0.15, 0.2) is 0 Å². The third-order valence-corrected chi connectivity index (χ3v) is 2.43. The molecule has 0 unspecified atom stereocenters. The molecule has 0 aliphatic carbocycles. The highest BCUT2D eigenvalue weighted by molar-refractivity contribution is 6.29. The van der Waals surface area contributed by atoms with Crippen LogP contribution in [0.2, 0.25) is 5.28 Å². The molecule has 0 spiro atoms. The average molecular weight is 239 g/mol. The maximum Gasteiger partial charge on any atom is 0.421 e. The molecular formula is C10H7ClN2O3.